The van der Waals surface area contributed by atoms with Crippen LogP contribution in [0.1, 0.15) is 33.1 Å². The third kappa shape index (κ3) is 4.14. The molecule has 0 spiro atoms. The van der Waals surface area contributed by atoms with E-state index in [4.69, 9.17) is 5.11 Å². The molecule has 0 saturated carbocycles. The number of halogens is 1. The number of hydrogen-bond donors (Lipinski definition) is 1. The normalized spacial score (nSPS) is 19.5. The average Bonchev–Trinajstić information content (AvgIpc) is 2.24. The van der Waals surface area contributed by atoms with Gasteiger partial charge in [-0.2, -0.15) is 0 Å². The summed E-state index contributed by atoms with van der Waals surface area (Å²) < 4.78 is 0. The summed E-state index contributed by atoms with van der Waals surface area (Å²) in [7, 11) is 1.83. The Balaban J connectivity index is 0.00000289. The van der Waals surface area contributed by atoms with Crippen LogP contribution >= 0.6 is 12.4 Å². The lowest BCUT2D eigenvalue weighted by atomic mass is 9.97. The minimum Gasteiger partial charge on any atom is -0.481 e. The molecule has 1 aliphatic rings. The summed E-state index contributed by atoms with van der Waals surface area (Å²) in [4.78, 5) is 26.3. The lowest BCUT2D eigenvalue weighted by Crippen LogP contribution is -2.62. The van der Waals surface area contributed by atoms with Gasteiger partial charge in [0, 0.05) is 26.6 Å². The molecule has 1 N–H and O–H groups in total. The largest absolute Gasteiger partial charge is 0.481 e. The maximum Gasteiger partial charge on any atom is 0.303 e. The number of rotatable bonds is 5. The first-order valence-corrected chi connectivity index (χ1v) is 6.08. The van der Waals surface area contributed by atoms with Crippen LogP contribution < -0.4 is 0 Å². The zero-order valence-corrected chi connectivity index (χ0v) is 12.1. The van der Waals surface area contributed by atoms with E-state index in [9.17, 15) is 9.59 Å². The number of carbonyl (C=O) groups is 2. The Morgan fingerprint density at radius 1 is 1.33 bits per heavy atom. The predicted octanol–water partition coefficient (Wildman–Crippen LogP) is 1.22. The Morgan fingerprint density at radius 3 is 2.50 bits per heavy atom. The molecule has 1 amide bonds. The van der Waals surface area contributed by atoms with E-state index < -0.39 is 11.5 Å². The number of unbranched alkanes of at least 4 members (excludes halogenated alkanes) is 1. The van der Waals surface area contributed by atoms with Gasteiger partial charge in [-0.05, 0) is 33.2 Å². The standard InChI is InChI=1S/C12H22N2O3.ClH/c1-12(2)11(17)13(3)8-9-14(12)7-5-4-6-10(15)16;/h4-9H2,1-3H3,(H,15,16);1H. The number of amides is 1. The monoisotopic (exact) mass is 278 g/mol. The maximum atomic E-state index is 12.0. The molecule has 1 heterocycles. The van der Waals surface area contributed by atoms with Crippen LogP contribution in [0.4, 0.5) is 0 Å². The molecule has 1 rings (SSSR count). The quantitative estimate of drug-likeness (QED) is 0.768. The van der Waals surface area contributed by atoms with Crippen molar-refractivity contribution in [3.63, 3.8) is 0 Å². The molecule has 0 aromatic rings. The molecule has 0 radical (unpaired) electrons. The van der Waals surface area contributed by atoms with Gasteiger partial charge >= 0.3 is 5.97 Å². The second-order valence-corrected chi connectivity index (χ2v) is 5.12. The van der Waals surface area contributed by atoms with E-state index >= 15 is 0 Å². The lowest BCUT2D eigenvalue weighted by Gasteiger charge is -2.44. The minimum atomic E-state index is -0.751. The summed E-state index contributed by atoms with van der Waals surface area (Å²) in [6.45, 7) is 6.27. The molecule has 0 bridgehead atoms. The highest BCUT2D eigenvalue weighted by Crippen LogP contribution is 2.22. The van der Waals surface area contributed by atoms with E-state index in [-0.39, 0.29) is 24.7 Å². The van der Waals surface area contributed by atoms with E-state index in [1.165, 1.54) is 0 Å². The summed E-state index contributed by atoms with van der Waals surface area (Å²) >= 11 is 0. The van der Waals surface area contributed by atoms with Crippen molar-refractivity contribution in [1.82, 2.24) is 9.80 Å². The van der Waals surface area contributed by atoms with Crippen molar-refractivity contribution >= 4 is 24.3 Å². The summed E-state index contributed by atoms with van der Waals surface area (Å²) in [5.74, 6) is -0.610. The summed E-state index contributed by atoms with van der Waals surface area (Å²) in [5.41, 5.74) is -0.462. The molecule has 1 aliphatic heterocycles. The molecule has 1 fully saturated rings. The molecule has 0 aromatic carbocycles. The van der Waals surface area contributed by atoms with Crippen LogP contribution in [0, 0.1) is 0 Å². The van der Waals surface area contributed by atoms with Gasteiger partial charge in [0.1, 0.15) is 0 Å². The third-order valence-electron chi connectivity index (χ3n) is 3.43. The fourth-order valence-electron chi connectivity index (χ4n) is 2.22. The van der Waals surface area contributed by atoms with Crippen molar-refractivity contribution in [2.75, 3.05) is 26.7 Å². The van der Waals surface area contributed by atoms with Crippen molar-refractivity contribution < 1.29 is 14.7 Å². The topological polar surface area (TPSA) is 60.9 Å². The second-order valence-electron chi connectivity index (χ2n) is 5.12. The number of carboxylic acid groups (broad SMARTS) is 1. The van der Waals surface area contributed by atoms with E-state index in [1.54, 1.807) is 4.90 Å². The lowest BCUT2D eigenvalue weighted by molar-refractivity contribution is -0.147. The second kappa shape index (κ2) is 6.95. The number of nitrogens with zero attached hydrogens (tertiary/aromatic N) is 2. The number of aliphatic carboxylic acids is 1. The van der Waals surface area contributed by atoms with Crippen molar-refractivity contribution in [3.05, 3.63) is 0 Å². The maximum absolute atomic E-state index is 12.0. The predicted molar refractivity (Wildman–Crippen MR) is 72.0 cm³/mol. The van der Waals surface area contributed by atoms with Crippen LogP contribution in [0.5, 0.6) is 0 Å². The number of carbonyl (C=O) groups excluding carboxylic acids is 1. The van der Waals surface area contributed by atoms with Crippen LogP contribution in [-0.2, 0) is 9.59 Å². The number of piperazine rings is 1. The molecule has 0 unspecified atom stereocenters. The molecular weight excluding hydrogens is 256 g/mol. The SMILES string of the molecule is CN1CCN(CCCCC(=O)O)C(C)(C)C1=O.Cl. The van der Waals surface area contributed by atoms with Crippen molar-refractivity contribution in [2.45, 2.75) is 38.6 Å². The Kier molecular flexibility index (Phi) is 6.63. The van der Waals surface area contributed by atoms with Crippen molar-refractivity contribution in [3.8, 4) is 0 Å². The summed E-state index contributed by atoms with van der Waals surface area (Å²) in [6, 6.07) is 0. The highest BCUT2D eigenvalue weighted by atomic mass is 35.5. The first-order valence-electron chi connectivity index (χ1n) is 6.08. The zero-order chi connectivity index (χ0) is 13.1. The fraction of sp³-hybridized carbons (Fsp3) is 0.833. The van der Waals surface area contributed by atoms with E-state index in [0.717, 1.165) is 26.1 Å². The Morgan fingerprint density at radius 2 is 1.94 bits per heavy atom. The molecule has 1 saturated heterocycles. The van der Waals surface area contributed by atoms with Gasteiger partial charge in [-0.25, -0.2) is 0 Å². The number of likely N-dealkylation sites (N-methyl/N-ethyl adjacent to an activating group) is 1. The summed E-state index contributed by atoms with van der Waals surface area (Å²) in [6.07, 6.45) is 1.71. The van der Waals surface area contributed by atoms with Crippen LogP contribution in [0.25, 0.3) is 0 Å². The molecular formula is C12H23ClN2O3. The number of carboxylic acids is 1. The average molecular weight is 279 g/mol. The van der Waals surface area contributed by atoms with E-state index in [1.807, 2.05) is 20.9 Å². The Hall–Kier alpha value is -0.810. The first kappa shape index (κ1) is 17.2. The van der Waals surface area contributed by atoms with E-state index in [0.29, 0.717) is 6.42 Å². The van der Waals surface area contributed by atoms with Gasteiger partial charge in [0.15, 0.2) is 0 Å². The zero-order valence-electron chi connectivity index (χ0n) is 11.3. The highest BCUT2D eigenvalue weighted by molar-refractivity contribution is 5.86. The molecule has 18 heavy (non-hydrogen) atoms. The Bertz CT molecular complexity index is 308. The van der Waals surface area contributed by atoms with Gasteiger partial charge in [0.05, 0.1) is 5.54 Å². The van der Waals surface area contributed by atoms with Crippen molar-refractivity contribution in [1.29, 1.82) is 0 Å². The van der Waals surface area contributed by atoms with Crippen LogP contribution in [0.2, 0.25) is 0 Å². The molecule has 0 aromatic heterocycles. The third-order valence-corrected chi connectivity index (χ3v) is 3.43. The highest BCUT2D eigenvalue weighted by Gasteiger charge is 2.39. The van der Waals surface area contributed by atoms with Gasteiger partial charge in [-0.1, -0.05) is 0 Å². The molecule has 106 valence electrons. The van der Waals surface area contributed by atoms with Gasteiger partial charge in [0.25, 0.3) is 0 Å². The van der Waals surface area contributed by atoms with Gasteiger partial charge in [-0.15, -0.1) is 12.4 Å². The van der Waals surface area contributed by atoms with Gasteiger partial charge in [0.2, 0.25) is 5.91 Å². The smallest absolute Gasteiger partial charge is 0.303 e. The van der Waals surface area contributed by atoms with Crippen molar-refractivity contribution in [2.24, 2.45) is 0 Å². The van der Waals surface area contributed by atoms with Gasteiger partial charge in [-0.3, -0.25) is 14.5 Å². The Labute approximate surface area is 115 Å². The minimum absolute atomic E-state index is 0. The van der Waals surface area contributed by atoms with Crippen LogP contribution in [-0.4, -0.2) is 59.0 Å². The fourth-order valence-corrected chi connectivity index (χ4v) is 2.22. The van der Waals surface area contributed by atoms with Crippen LogP contribution in [0.15, 0.2) is 0 Å². The van der Waals surface area contributed by atoms with Gasteiger partial charge < -0.3 is 10.0 Å². The van der Waals surface area contributed by atoms with E-state index in [2.05, 4.69) is 4.90 Å². The molecule has 6 heteroatoms. The first-order chi connectivity index (χ1) is 7.85. The molecule has 0 aliphatic carbocycles. The molecule has 0 atom stereocenters. The van der Waals surface area contributed by atoms with Crippen LogP contribution in [0.3, 0.4) is 0 Å². The molecule has 5 nitrogen and oxygen atoms in total. The summed E-state index contributed by atoms with van der Waals surface area (Å²) in [5, 5.41) is 8.56. The number of hydrogen-bond acceptors (Lipinski definition) is 3.